The molecular formula is C54H86O23. The Kier molecular flexibility index (Phi) is 16.5. The van der Waals surface area contributed by atoms with E-state index in [1.165, 1.54) is 12.5 Å². The third-order valence-electron chi connectivity index (χ3n) is 21.4. The van der Waals surface area contributed by atoms with Crippen LogP contribution in [0.1, 0.15) is 120 Å². The molecule has 0 unspecified atom stereocenters. The normalized spacial score (nSPS) is 53.4. The van der Waals surface area contributed by atoms with Crippen molar-refractivity contribution in [1.29, 1.82) is 0 Å². The molecule has 77 heavy (non-hydrogen) atoms. The first-order chi connectivity index (χ1) is 35.9. The number of carbonyl (C=O) groups is 2. The Morgan fingerprint density at radius 1 is 0.584 bits per heavy atom. The van der Waals surface area contributed by atoms with Crippen molar-refractivity contribution in [3.63, 3.8) is 0 Å². The molecule has 440 valence electrons. The molecule has 28 atom stereocenters. The molecule has 13 N–H and O–H groups in total. The molecule has 23 heteroatoms. The lowest BCUT2D eigenvalue weighted by Crippen LogP contribution is -2.68. The van der Waals surface area contributed by atoms with Crippen LogP contribution in [-0.2, 0) is 47.5 Å². The zero-order valence-corrected chi connectivity index (χ0v) is 45.3. The Labute approximate surface area is 448 Å². The minimum atomic E-state index is -2.04. The lowest BCUT2D eigenvalue weighted by molar-refractivity contribution is -0.390. The smallest absolute Gasteiger partial charge is 0.335 e. The second kappa shape index (κ2) is 21.3. The van der Waals surface area contributed by atoms with Gasteiger partial charge in [0.25, 0.3) is 0 Å². The molecule has 23 nitrogen and oxygen atoms in total. The van der Waals surface area contributed by atoms with E-state index in [2.05, 4.69) is 54.5 Å². The maximum atomic E-state index is 14.8. The highest BCUT2D eigenvalue weighted by Gasteiger charge is 2.70. The van der Waals surface area contributed by atoms with Crippen LogP contribution < -0.4 is 0 Å². The van der Waals surface area contributed by atoms with Crippen molar-refractivity contribution in [2.75, 3.05) is 13.2 Å². The van der Waals surface area contributed by atoms with Gasteiger partial charge in [-0.05, 0) is 116 Å². The fourth-order valence-corrected chi connectivity index (χ4v) is 16.4. The summed E-state index contributed by atoms with van der Waals surface area (Å²) in [5.74, 6) is -2.20. The zero-order chi connectivity index (χ0) is 56.4. The Morgan fingerprint density at radius 3 is 1.75 bits per heavy atom. The number of aliphatic hydroxyl groups is 12. The Hall–Kier alpha value is -2.08. The van der Waals surface area contributed by atoms with Gasteiger partial charge in [0, 0.05) is 0 Å². The molecule has 4 aliphatic heterocycles. The van der Waals surface area contributed by atoms with Gasteiger partial charge >= 0.3 is 11.9 Å². The number of fused-ring (bicyclic) bond motifs is 7. The van der Waals surface area contributed by atoms with Crippen molar-refractivity contribution in [2.24, 2.45) is 50.2 Å². The number of aliphatic hydroxyl groups excluding tert-OH is 12. The van der Waals surface area contributed by atoms with Crippen LogP contribution in [0.25, 0.3) is 0 Å². The van der Waals surface area contributed by atoms with E-state index in [1.807, 2.05) is 0 Å². The average Bonchev–Trinajstić information content (AvgIpc) is 3.54. The first-order valence-electron chi connectivity index (χ1n) is 27.7. The molecule has 0 bridgehead atoms. The largest absolute Gasteiger partial charge is 0.479 e. The molecule has 0 radical (unpaired) electrons. The highest BCUT2D eigenvalue weighted by molar-refractivity contribution is 5.79. The molecule has 9 rings (SSSR count). The predicted octanol–water partition coefficient (Wildman–Crippen LogP) is -0.915. The Bertz CT molecular complexity index is 2180. The van der Waals surface area contributed by atoms with Crippen molar-refractivity contribution in [3.05, 3.63) is 11.6 Å². The molecule has 5 aliphatic carbocycles. The molecule has 0 aromatic heterocycles. The lowest BCUT2D eigenvalue weighted by atomic mass is 9.33. The molecule has 8 fully saturated rings. The first-order valence-corrected chi connectivity index (χ1v) is 27.7. The number of hydrogen-bond acceptors (Lipinski definition) is 22. The highest BCUT2D eigenvalue weighted by atomic mass is 16.8. The van der Waals surface area contributed by atoms with E-state index in [1.54, 1.807) is 0 Å². The molecule has 0 amide bonds. The van der Waals surface area contributed by atoms with Gasteiger partial charge in [0.05, 0.1) is 30.8 Å². The average molecular weight is 1100 g/mol. The van der Waals surface area contributed by atoms with Crippen LogP contribution in [0.2, 0.25) is 0 Å². The third kappa shape index (κ3) is 9.66. The molecule has 9 aliphatic rings. The maximum absolute atomic E-state index is 14.8. The number of allylic oxidation sites excluding steroid dienone is 2. The van der Waals surface area contributed by atoms with Crippen molar-refractivity contribution >= 4 is 11.9 Å². The first kappa shape index (κ1) is 59.5. The summed E-state index contributed by atoms with van der Waals surface area (Å²) >= 11 is 0. The van der Waals surface area contributed by atoms with Gasteiger partial charge in [0.1, 0.15) is 85.5 Å². The van der Waals surface area contributed by atoms with Crippen molar-refractivity contribution in [3.8, 4) is 0 Å². The molecule has 0 aromatic rings. The number of aliphatic carboxylic acids is 1. The van der Waals surface area contributed by atoms with Gasteiger partial charge in [0.2, 0.25) is 6.29 Å². The summed E-state index contributed by atoms with van der Waals surface area (Å²) in [5, 5.41) is 139. The fourth-order valence-electron chi connectivity index (χ4n) is 16.4. The van der Waals surface area contributed by atoms with Crippen LogP contribution in [0.5, 0.6) is 0 Å². The molecule has 4 heterocycles. The number of rotatable bonds is 11. The van der Waals surface area contributed by atoms with Gasteiger partial charge < -0.3 is 104 Å². The predicted molar refractivity (Wildman–Crippen MR) is 262 cm³/mol. The van der Waals surface area contributed by atoms with Crippen LogP contribution >= 0.6 is 0 Å². The maximum Gasteiger partial charge on any atom is 0.335 e. The van der Waals surface area contributed by atoms with E-state index < -0.39 is 165 Å². The number of esters is 1. The van der Waals surface area contributed by atoms with Crippen LogP contribution in [0.15, 0.2) is 11.6 Å². The van der Waals surface area contributed by atoms with Crippen molar-refractivity contribution in [2.45, 2.75) is 249 Å². The number of hydrogen-bond donors (Lipinski definition) is 13. The van der Waals surface area contributed by atoms with E-state index >= 15 is 0 Å². The van der Waals surface area contributed by atoms with Crippen LogP contribution in [0.3, 0.4) is 0 Å². The van der Waals surface area contributed by atoms with Gasteiger partial charge in [-0.3, -0.25) is 4.79 Å². The van der Waals surface area contributed by atoms with Crippen LogP contribution in [0, 0.1) is 50.2 Å². The molecule has 4 saturated carbocycles. The Morgan fingerprint density at radius 2 is 1.14 bits per heavy atom. The van der Waals surface area contributed by atoms with E-state index in [-0.39, 0.29) is 39.4 Å². The fraction of sp³-hybridized carbons (Fsp3) is 0.926. The summed E-state index contributed by atoms with van der Waals surface area (Å²) in [5.41, 5.74) is -1.41. The van der Waals surface area contributed by atoms with E-state index in [4.69, 9.17) is 37.9 Å². The molecule has 0 aromatic carbocycles. The number of ether oxygens (including phenoxy) is 8. The Balaban J connectivity index is 0.986. The summed E-state index contributed by atoms with van der Waals surface area (Å²) < 4.78 is 48.0. The van der Waals surface area contributed by atoms with E-state index in [0.29, 0.717) is 44.9 Å². The monoisotopic (exact) mass is 1100 g/mol. The van der Waals surface area contributed by atoms with Gasteiger partial charge in [-0.2, -0.15) is 0 Å². The molecule has 4 saturated heterocycles. The van der Waals surface area contributed by atoms with E-state index in [9.17, 15) is 76.0 Å². The van der Waals surface area contributed by atoms with Crippen molar-refractivity contribution in [1.82, 2.24) is 0 Å². The minimum absolute atomic E-state index is 0.00794. The quantitative estimate of drug-likeness (QED) is 0.0676. The van der Waals surface area contributed by atoms with Crippen LogP contribution in [-0.4, -0.2) is 220 Å². The summed E-state index contributed by atoms with van der Waals surface area (Å²) in [7, 11) is 0. The number of carboxylic acid groups (broad SMARTS) is 1. The second-order valence-corrected chi connectivity index (χ2v) is 26.3. The van der Waals surface area contributed by atoms with E-state index in [0.717, 1.165) is 19.3 Å². The standard InChI is InChI=1S/C54H86O23/c1-22-30(57)33(60)36(63)44(70-22)74-40-39(66)41(75-45-37(64)34(61)31(58)25(20-55)71-45)47(76-42(40)43(67)68)73-29-12-13-51(6)27(50(29,4)5)11-14-53(8)28(51)10-9-23-24-19-49(2,3)15-17-54(24,18-16-52(23,53)7)48(69)77-46-38(65)35(62)32(59)26(21-56)72-46/h9,22,24-42,44-47,55-66H,10-21H2,1-8H3,(H,67,68)/t22-,24-,25+,26+,27-,28+,29-,30-,31-,32+,33+,34-,35-,36+,37+,38+,39-,40-,41+,42-,44-,45-,46-,47+,51-,52+,53+,54-/m0/s1. The third-order valence-corrected chi connectivity index (χ3v) is 21.4. The highest BCUT2D eigenvalue weighted by Crippen LogP contribution is 2.76. The zero-order valence-electron chi connectivity index (χ0n) is 45.3. The summed E-state index contributed by atoms with van der Waals surface area (Å²) in [4.78, 5) is 27.9. The SMILES string of the molecule is C[C@@H]1O[C@@H](O[C@H]2[C@H](O)[C@@H](O[C@@H]3O[C@H](CO)[C@H](O)[C@H](O)[C@H]3O)[C@H](O[C@H]3CC[C@]4(C)[C@H]5CC=C6[C@@H]7CC(C)(C)CC[C@]7(C(=O)O[C@@H]7O[C@H](CO)[C@@H](O)[C@H](O)[C@H]7O)CC[C@@]6(C)[C@]5(C)CC[C@H]4C3(C)C)O[C@@H]2C(=O)O)[C@H](O)[C@H](O)[C@H]1O. The van der Waals surface area contributed by atoms with Crippen molar-refractivity contribution < 1.29 is 114 Å². The van der Waals surface area contributed by atoms with Gasteiger partial charge in [-0.25, -0.2) is 4.79 Å². The minimum Gasteiger partial charge on any atom is -0.479 e. The number of carboxylic acids is 1. The molecule has 0 spiro atoms. The summed E-state index contributed by atoms with van der Waals surface area (Å²) in [6.07, 6.45) is -26.1. The van der Waals surface area contributed by atoms with Crippen LogP contribution in [0.4, 0.5) is 0 Å². The van der Waals surface area contributed by atoms with Gasteiger partial charge in [-0.15, -0.1) is 0 Å². The lowest BCUT2D eigenvalue weighted by Gasteiger charge is -2.71. The van der Waals surface area contributed by atoms with Gasteiger partial charge in [0.15, 0.2) is 25.0 Å². The topological polar surface area (TPSA) is 371 Å². The summed E-state index contributed by atoms with van der Waals surface area (Å²) in [6.45, 7) is 15.6. The number of carbonyl (C=O) groups excluding carboxylic acids is 1. The van der Waals surface area contributed by atoms with Gasteiger partial charge in [-0.1, -0.05) is 60.1 Å². The second-order valence-electron chi connectivity index (χ2n) is 26.3. The summed E-state index contributed by atoms with van der Waals surface area (Å²) in [6, 6.07) is 0. The molecular weight excluding hydrogens is 1020 g/mol.